The van der Waals surface area contributed by atoms with Gasteiger partial charge in [0.05, 0.1) is 0 Å². The fourth-order valence-electron chi connectivity index (χ4n) is 2.07. The molecule has 0 N–H and O–H groups in total. The SMILES string of the molecule is O=C(Cn1nnc(-c2ccc(F)cc2)n1)c1ccc(OC(F)F)cc1. The molecule has 0 aliphatic rings. The van der Waals surface area contributed by atoms with Gasteiger partial charge in [-0.3, -0.25) is 4.79 Å². The van der Waals surface area contributed by atoms with Crippen LogP contribution in [0.2, 0.25) is 0 Å². The quantitative estimate of drug-likeness (QED) is 0.641. The predicted molar refractivity (Wildman–Crippen MR) is 80.6 cm³/mol. The normalized spacial score (nSPS) is 10.9. The van der Waals surface area contributed by atoms with Gasteiger partial charge in [-0.05, 0) is 53.7 Å². The van der Waals surface area contributed by atoms with E-state index in [0.29, 0.717) is 11.1 Å². The van der Waals surface area contributed by atoms with Crippen LogP contribution in [0.4, 0.5) is 13.2 Å². The van der Waals surface area contributed by atoms with Crippen LogP contribution in [0.3, 0.4) is 0 Å². The van der Waals surface area contributed by atoms with E-state index in [1.165, 1.54) is 48.5 Å². The number of carbonyl (C=O) groups excluding carboxylic acids is 1. The Bertz CT molecular complexity index is 864. The Hall–Kier alpha value is -3.23. The molecular weight excluding hydrogens is 337 g/mol. The number of hydrogen-bond acceptors (Lipinski definition) is 5. The predicted octanol–water partition coefficient (Wildman–Crippen LogP) is 2.96. The van der Waals surface area contributed by atoms with Crippen LogP contribution in [0.15, 0.2) is 48.5 Å². The number of alkyl halides is 2. The highest BCUT2D eigenvalue weighted by Gasteiger charge is 2.12. The molecule has 0 atom stereocenters. The molecule has 2 aromatic carbocycles. The van der Waals surface area contributed by atoms with Gasteiger partial charge >= 0.3 is 6.61 Å². The number of aromatic nitrogens is 4. The summed E-state index contributed by atoms with van der Waals surface area (Å²) < 4.78 is 41.3. The Morgan fingerprint density at radius 2 is 1.76 bits per heavy atom. The van der Waals surface area contributed by atoms with E-state index in [0.717, 1.165) is 4.80 Å². The van der Waals surface area contributed by atoms with Crippen LogP contribution in [-0.2, 0) is 6.54 Å². The van der Waals surface area contributed by atoms with Gasteiger partial charge in [-0.25, -0.2) is 4.39 Å². The molecule has 25 heavy (non-hydrogen) atoms. The van der Waals surface area contributed by atoms with Crippen LogP contribution in [0.25, 0.3) is 11.4 Å². The molecule has 1 heterocycles. The van der Waals surface area contributed by atoms with E-state index in [1.807, 2.05) is 0 Å². The maximum atomic E-state index is 12.9. The van der Waals surface area contributed by atoms with E-state index in [1.54, 1.807) is 0 Å². The lowest BCUT2D eigenvalue weighted by atomic mass is 10.1. The first kappa shape index (κ1) is 16.6. The summed E-state index contributed by atoms with van der Waals surface area (Å²) in [6, 6.07) is 10.8. The molecule has 0 unspecified atom stereocenters. The first-order valence-corrected chi connectivity index (χ1v) is 7.13. The minimum absolute atomic E-state index is 0.0379. The third-order valence-electron chi connectivity index (χ3n) is 3.24. The van der Waals surface area contributed by atoms with Gasteiger partial charge in [0.15, 0.2) is 5.78 Å². The van der Waals surface area contributed by atoms with E-state index in [9.17, 15) is 18.0 Å². The number of ether oxygens (including phenoxy) is 1. The van der Waals surface area contributed by atoms with E-state index >= 15 is 0 Å². The summed E-state index contributed by atoms with van der Waals surface area (Å²) >= 11 is 0. The molecule has 0 fully saturated rings. The molecule has 0 radical (unpaired) electrons. The Kier molecular flexibility index (Phi) is 4.73. The summed E-state index contributed by atoms with van der Waals surface area (Å²) in [6.07, 6.45) is 0. The summed E-state index contributed by atoms with van der Waals surface area (Å²) in [7, 11) is 0. The van der Waals surface area contributed by atoms with Gasteiger partial charge < -0.3 is 4.74 Å². The molecule has 3 aromatic rings. The van der Waals surface area contributed by atoms with Gasteiger partial charge in [0, 0.05) is 11.1 Å². The van der Waals surface area contributed by atoms with Gasteiger partial charge in [0.25, 0.3) is 0 Å². The lowest BCUT2D eigenvalue weighted by Gasteiger charge is -2.05. The first-order valence-electron chi connectivity index (χ1n) is 7.13. The number of rotatable bonds is 6. The fraction of sp³-hybridized carbons (Fsp3) is 0.125. The summed E-state index contributed by atoms with van der Waals surface area (Å²) in [5, 5.41) is 11.6. The molecule has 0 saturated carbocycles. The second-order valence-corrected chi connectivity index (χ2v) is 4.98. The summed E-state index contributed by atoms with van der Waals surface area (Å²) in [6.45, 7) is -3.10. The summed E-state index contributed by atoms with van der Waals surface area (Å²) in [4.78, 5) is 13.3. The smallest absolute Gasteiger partial charge is 0.387 e. The van der Waals surface area contributed by atoms with Crippen molar-refractivity contribution < 1.29 is 22.7 Å². The number of tetrazole rings is 1. The molecular formula is C16H11F3N4O2. The van der Waals surface area contributed by atoms with Crippen molar-refractivity contribution in [3.8, 4) is 17.1 Å². The molecule has 0 aliphatic carbocycles. The highest BCUT2D eigenvalue weighted by molar-refractivity contribution is 5.95. The second kappa shape index (κ2) is 7.12. The Balaban J connectivity index is 1.68. The van der Waals surface area contributed by atoms with Crippen LogP contribution >= 0.6 is 0 Å². The van der Waals surface area contributed by atoms with Crippen LogP contribution in [-0.4, -0.2) is 32.6 Å². The molecule has 128 valence electrons. The molecule has 0 bridgehead atoms. The Morgan fingerprint density at radius 1 is 1.08 bits per heavy atom. The van der Waals surface area contributed by atoms with Gasteiger partial charge in [-0.1, -0.05) is 0 Å². The summed E-state index contributed by atoms with van der Waals surface area (Å²) in [5.74, 6) is -0.491. The lowest BCUT2D eigenvalue weighted by molar-refractivity contribution is -0.0498. The van der Waals surface area contributed by atoms with Crippen LogP contribution < -0.4 is 4.74 Å². The zero-order valence-electron chi connectivity index (χ0n) is 12.6. The largest absolute Gasteiger partial charge is 0.435 e. The minimum atomic E-state index is -2.93. The maximum Gasteiger partial charge on any atom is 0.387 e. The molecule has 0 aliphatic heterocycles. The van der Waals surface area contributed by atoms with Crippen molar-refractivity contribution in [3.63, 3.8) is 0 Å². The standard InChI is InChI=1S/C16H11F3N4O2/c17-12-5-1-11(2-6-12)15-20-22-23(21-15)9-14(24)10-3-7-13(8-4-10)25-16(18)19/h1-8,16H,9H2. The topological polar surface area (TPSA) is 69.9 Å². The van der Waals surface area contributed by atoms with Gasteiger partial charge in [-0.15, -0.1) is 10.2 Å². The van der Waals surface area contributed by atoms with Crippen LogP contribution in [0, 0.1) is 5.82 Å². The second-order valence-electron chi connectivity index (χ2n) is 4.98. The summed E-state index contributed by atoms with van der Waals surface area (Å²) in [5.41, 5.74) is 0.857. The minimum Gasteiger partial charge on any atom is -0.435 e. The van der Waals surface area contributed by atoms with Gasteiger partial charge in [-0.2, -0.15) is 13.6 Å². The van der Waals surface area contributed by atoms with E-state index in [-0.39, 0.29) is 29.7 Å². The fourth-order valence-corrected chi connectivity index (χ4v) is 2.07. The number of hydrogen-bond donors (Lipinski definition) is 0. The number of benzene rings is 2. The molecule has 3 rings (SSSR count). The van der Waals surface area contributed by atoms with Crippen molar-refractivity contribution >= 4 is 5.78 Å². The van der Waals surface area contributed by atoms with Crippen molar-refractivity contribution in [3.05, 3.63) is 59.9 Å². The monoisotopic (exact) mass is 348 g/mol. The average molecular weight is 348 g/mol. The highest BCUT2D eigenvalue weighted by Crippen LogP contribution is 2.16. The average Bonchev–Trinajstić information content (AvgIpc) is 3.04. The van der Waals surface area contributed by atoms with E-state index in [2.05, 4.69) is 20.1 Å². The van der Waals surface area contributed by atoms with Gasteiger partial charge in [0.2, 0.25) is 5.82 Å². The number of Topliss-reactive ketones (excluding diaryl/α,β-unsaturated/α-hetero) is 1. The van der Waals surface area contributed by atoms with Crippen molar-refractivity contribution in [1.29, 1.82) is 0 Å². The maximum absolute atomic E-state index is 12.9. The molecule has 9 heteroatoms. The zero-order chi connectivity index (χ0) is 17.8. The van der Waals surface area contributed by atoms with Crippen LogP contribution in [0.5, 0.6) is 5.75 Å². The van der Waals surface area contributed by atoms with Gasteiger partial charge in [0.1, 0.15) is 18.1 Å². The van der Waals surface area contributed by atoms with Crippen LogP contribution in [0.1, 0.15) is 10.4 Å². The van der Waals surface area contributed by atoms with Crippen molar-refractivity contribution in [2.45, 2.75) is 13.2 Å². The molecule has 6 nitrogen and oxygen atoms in total. The number of nitrogens with zero attached hydrogens (tertiary/aromatic N) is 4. The van der Waals surface area contributed by atoms with Crippen molar-refractivity contribution in [2.75, 3.05) is 0 Å². The highest BCUT2D eigenvalue weighted by atomic mass is 19.3. The number of carbonyl (C=O) groups is 1. The molecule has 1 aromatic heterocycles. The lowest BCUT2D eigenvalue weighted by Crippen LogP contribution is -2.13. The van der Waals surface area contributed by atoms with Crippen molar-refractivity contribution in [2.24, 2.45) is 0 Å². The number of ketones is 1. The van der Waals surface area contributed by atoms with Crippen molar-refractivity contribution in [1.82, 2.24) is 20.2 Å². The number of halogens is 3. The molecule has 0 amide bonds. The first-order chi connectivity index (χ1) is 12.0. The Labute approximate surface area is 139 Å². The third-order valence-corrected chi connectivity index (χ3v) is 3.24. The van der Waals surface area contributed by atoms with E-state index in [4.69, 9.17) is 0 Å². The molecule has 0 saturated heterocycles. The zero-order valence-corrected chi connectivity index (χ0v) is 12.6. The molecule has 0 spiro atoms. The van der Waals surface area contributed by atoms with E-state index < -0.39 is 6.61 Å². The third kappa shape index (κ3) is 4.19. The Morgan fingerprint density at radius 3 is 2.40 bits per heavy atom.